The largest absolute Gasteiger partial charge is 0.497 e. The molecule has 1 radical (unpaired) electrons. The molecule has 4 aromatic rings. The summed E-state index contributed by atoms with van der Waals surface area (Å²) in [5.41, 5.74) is 1.86. The zero-order valence-electron chi connectivity index (χ0n) is 15.7. The Bertz CT molecular complexity index is 988. The summed E-state index contributed by atoms with van der Waals surface area (Å²) in [4.78, 5) is 0. The molecule has 0 aliphatic rings. The molecule has 133 valence electrons. The van der Waals surface area contributed by atoms with E-state index in [4.69, 9.17) is 4.74 Å². The summed E-state index contributed by atoms with van der Waals surface area (Å²) in [6.07, 6.45) is 0. The molecule has 0 aromatic heterocycles. The molecule has 0 N–H and O–H groups in total. The van der Waals surface area contributed by atoms with Crippen LogP contribution >= 0.6 is 0 Å². The molecule has 1 nitrogen and oxygen atoms in total. The molecule has 0 saturated heterocycles. The Morgan fingerprint density at radius 3 is 1.81 bits per heavy atom. The molecular weight excluding hydrogens is 344 g/mol. The van der Waals surface area contributed by atoms with Gasteiger partial charge in [0.15, 0.2) is 0 Å². The van der Waals surface area contributed by atoms with E-state index in [9.17, 15) is 0 Å². The van der Waals surface area contributed by atoms with Crippen LogP contribution < -0.4 is 15.1 Å². The Hall–Kier alpha value is -2.84. The van der Waals surface area contributed by atoms with E-state index in [0.29, 0.717) is 5.54 Å². The summed E-state index contributed by atoms with van der Waals surface area (Å²) in [6.45, 7) is 2.37. The van der Waals surface area contributed by atoms with Crippen LogP contribution in [0.25, 0.3) is 10.8 Å². The van der Waals surface area contributed by atoms with Gasteiger partial charge in [0, 0.05) is 0 Å². The van der Waals surface area contributed by atoms with Crippen LogP contribution in [0.2, 0.25) is 0 Å². The number of rotatable bonds is 5. The molecule has 4 rings (SSSR count). The van der Waals surface area contributed by atoms with Crippen molar-refractivity contribution in [3.8, 4) is 5.75 Å². The molecule has 0 heterocycles. The second kappa shape index (κ2) is 7.81. The second-order valence-corrected chi connectivity index (χ2v) is 9.69. The van der Waals surface area contributed by atoms with Crippen molar-refractivity contribution in [1.29, 1.82) is 0 Å². The average molecular weight is 368 g/mol. The van der Waals surface area contributed by atoms with Crippen LogP contribution in [0.5, 0.6) is 5.75 Å². The van der Waals surface area contributed by atoms with Gasteiger partial charge in [0.05, 0.1) is 7.11 Å². The van der Waals surface area contributed by atoms with E-state index in [1.54, 1.807) is 7.11 Å². The summed E-state index contributed by atoms with van der Waals surface area (Å²) in [7, 11) is 0.779. The standard InChI is InChI=1S/C25H23OSi/c1-19(20-13-14-22-18-23(26-2)16-15-21(22)17-20)27(24-9-5-3-6-10-24)25-11-7-4-8-12-25/h3-19H,1-2H3. The van der Waals surface area contributed by atoms with Gasteiger partial charge in [-0.3, -0.25) is 0 Å². The third-order valence-electron chi connectivity index (χ3n) is 5.17. The minimum atomic E-state index is -0.935. The quantitative estimate of drug-likeness (QED) is 0.460. The highest BCUT2D eigenvalue weighted by Gasteiger charge is 2.25. The maximum absolute atomic E-state index is 5.36. The highest BCUT2D eigenvalue weighted by atomic mass is 28.3. The Morgan fingerprint density at radius 2 is 1.22 bits per heavy atom. The van der Waals surface area contributed by atoms with Crippen molar-refractivity contribution in [1.82, 2.24) is 0 Å². The molecule has 4 aromatic carbocycles. The maximum atomic E-state index is 5.36. The number of methoxy groups -OCH3 is 1. The second-order valence-electron chi connectivity index (χ2n) is 6.84. The first-order chi connectivity index (χ1) is 13.3. The van der Waals surface area contributed by atoms with Gasteiger partial charge in [-0.25, -0.2) is 0 Å². The van der Waals surface area contributed by atoms with Crippen molar-refractivity contribution in [3.05, 3.63) is 103 Å². The van der Waals surface area contributed by atoms with Crippen LogP contribution in [0.1, 0.15) is 18.0 Å². The average Bonchev–Trinajstić information content (AvgIpc) is 2.74. The molecule has 0 fully saturated rings. The van der Waals surface area contributed by atoms with Crippen LogP contribution in [0.15, 0.2) is 97.1 Å². The minimum Gasteiger partial charge on any atom is -0.497 e. The Labute approximate surface area is 162 Å². The zero-order valence-corrected chi connectivity index (χ0v) is 16.7. The number of fused-ring (bicyclic) bond motifs is 1. The van der Waals surface area contributed by atoms with Gasteiger partial charge in [-0.2, -0.15) is 0 Å². The highest BCUT2D eigenvalue weighted by molar-refractivity contribution is 6.86. The molecule has 0 spiro atoms. The summed E-state index contributed by atoms with van der Waals surface area (Å²) in [5, 5.41) is 5.40. The predicted molar refractivity (Wildman–Crippen MR) is 117 cm³/mol. The van der Waals surface area contributed by atoms with Crippen molar-refractivity contribution in [2.24, 2.45) is 0 Å². The molecule has 0 saturated carbocycles. The fourth-order valence-corrected chi connectivity index (χ4v) is 6.66. The van der Waals surface area contributed by atoms with Crippen molar-refractivity contribution < 1.29 is 4.74 Å². The molecule has 27 heavy (non-hydrogen) atoms. The SMILES string of the molecule is COc1ccc2cc(C(C)[Si](c3ccccc3)c3ccccc3)ccc2c1. The lowest BCUT2D eigenvalue weighted by Gasteiger charge is -2.24. The lowest BCUT2D eigenvalue weighted by Crippen LogP contribution is -2.46. The Balaban J connectivity index is 1.77. The smallest absolute Gasteiger partial charge is 0.128 e. The molecule has 0 bridgehead atoms. The minimum absolute atomic E-state index is 0.464. The summed E-state index contributed by atoms with van der Waals surface area (Å²) in [5.74, 6) is 0.904. The Kier molecular flexibility index (Phi) is 5.08. The number of hydrogen-bond donors (Lipinski definition) is 0. The number of benzene rings is 4. The lowest BCUT2D eigenvalue weighted by molar-refractivity contribution is 0.415. The maximum Gasteiger partial charge on any atom is 0.128 e. The van der Waals surface area contributed by atoms with Crippen LogP contribution in [0, 0.1) is 0 Å². The van der Waals surface area contributed by atoms with Gasteiger partial charge in [0.2, 0.25) is 0 Å². The molecule has 0 amide bonds. The predicted octanol–water partition coefficient (Wildman–Crippen LogP) is 4.80. The molecular formula is C25H23OSi. The summed E-state index contributed by atoms with van der Waals surface area (Å²) >= 11 is 0. The van der Waals surface area contributed by atoms with E-state index in [1.165, 1.54) is 26.7 Å². The third kappa shape index (κ3) is 3.67. The van der Waals surface area contributed by atoms with E-state index >= 15 is 0 Å². The van der Waals surface area contributed by atoms with Crippen molar-refractivity contribution in [2.45, 2.75) is 12.5 Å². The van der Waals surface area contributed by atoms with Crippen molar-refractivity contribution >= 4 is 29.9 Å². The zero-order chi connectivity index (χ0) is 18.6. The normalized spacial score (nSPS) is 12.3. The van der Waals surface area contributed by atoms with Gasteiger partial charge in [-0.05, 0) is 34.0 Å². The summed E-state index contributed by atoms with van der Waals surface area (Å²) < 4.78 is 5.36. The van der Waals surface area contributed by atoms with Crippen LogP contribution in [0.4, 0.5) is 0 Å². The topological polar surface area (TPSA) is 9.23 Å². The van der Waals surface area contributed by atoms with Gasteiger partial charge >= 0.3 is 0 Å². The first-order valence-corrected chi connectivity index (χ1v) is 10.9. The lowest BCUT2D eigenvalue weighted by atomic mass is 10.1. The third-order valence-corrected chi connectivity index (χ3v) is 8.28. The van der Waals surface area contributed by atoms with E-state index in [0.717, 1.165) is 5.75 Å². The molecule has 1 atom stereocenters. The van der Waals surface area contributed by atoms with Gasteiger partial charge in [-0.1, -0.05) is 102 Å². The van der Waals surface area contributed by atoms with Gasteiger partial charge < -0.3 is 4.74 Å². The number of ether oxygens (including phenoxy) is 1. The van der Waals surface area contributed by atoms with E-state index < -0.39 is 8.80 Å². The van der Waals surface area contributed by atoms with Crippen LogP contribution in [-0.4, -0.2) is 15.9 Å². The summed E-state index contributed by atoms with van der Waals surface area (Å²) in [6, 6.07) is 35.1. The molecule has 0 aliphatic carbocycles. The monoisotopic (exact) mass is 367 g/mol. The Morgan fingerprint density at radius 1 is 0.667 bits per heavy atom. The van der Waals surface area contributed by atoms with Crippen LogP contribution in [-0.2, 0) is 0 Å². The fraction of sp³-hybridized carbons (Fsp3) is 0.120. The molecule has 0 aliphatic heterocycles. The van der Waals surface area contributed by atoms with Gasteiger partial charge in [0.1, 0.15) is 14.5 Å². The fourth-order valence-electron chi connectivity index (χ4n) is 3.71. The molecule has 1 unspecified atom stereocenters. The highest BCUT2D eigenvalue weighted by Crippen LogP contribution is 2.26. The first-order valence-electron chi connectivity index (χ1n) is 9.31. The first kappa shape index (κ1) is 17.6. The van der Waals surface area contributed by atoms with Gasteiger partial charge in [0.25, 0.3) is 0 Å². The van der Waals surface area contributed by atoms with Crippen LogP contribution in [0.3, 0.4) is 0 Å². The van der Waals surface area contributed by atoms with E-state index in [-0.39, 0.29) is 0 Å². The van der Waals surface area contributed by atoms with E-state index in [2.05, 4.69) is 97.9 Å². The number of hydrogen-bond acceptors (Lipinski definition) is 1. The van der Waals surface area contributed by atoms with Gasteiger partial charge in [-0.15, -0.1) is 0 Å². The molecule has 2 heteroatoms. The van der Waals surface area contributed by atoms with Crippen molar-refractivity contribution in [2.75, 3.05) is 7.11 Å². The van der Waals surface area contributed by atoms with Crippen molar-refractivity contribution in [3.63, 3.8) is 0 Å². The van der Waals surface area contributed by atoms with E-state index in [1.807, 2.05) is 6.07 Å².